The van der Waals surface area contributed by atoms with Gasteiger partial charge in [-0.1, -0.05) is 6.07 Å². The molecule has 0 aliphatic carbocycles. The fraction of sp³-hybridized carbons (Fsp3) is 0.333. The second-order valence-corrected chi connectivity index (χ2v) is 4.76. The van der Waals surface area contributed by atoms with Crippen LogP contribution in [-0.2, 0) is 6.54 Å². The van der Waals surface area contributed by atoms with E-state index in [2.05, 4.69) is 20.3 Å². The Morgan fingerprint density at radius 3 is 2.86 bits per heavy atom. The minimum absolute atomic E-state index is 0.00970. The average Bonchev–Trinajstić information content (AvgIpc) is 2.53. The molecule has 0 bridgehead atoms. The molecular formula is C15H18N4O3. The second-order valence-electron chi connectivity index (χ2n) is 4.76. The van der Waals surface area contributed by atoms with E-state index in [0.29, 0.717) is 18.3 Å². The van der Waals surface area contributed by atoms with Crippen molar-refractivity contribution in [3.63, 3.8) is 0 Å². The van der Waals surface area contributed by atoms with Crippen molar-refractivity contribution in [2.24, 2.45) is 0 Å². The van der Waals surface area contributed by atoms with Gasteiger partial charge in [0.25, 0.3) is 5.91 Å². The summed E-state index contributed by atoms with van der Waals surface area (Å²) in [6, 6.07) is 5.12. The summed E-state index contributed by atoms with van der Waals surface area (Å²) >= 11 is 0. The lowest BCUT2D eigenvalue weighted by Gasteiger charge is -2.13. The highest BCUT2D eigenvalue weighted by atomic mass is 16.5. The summed E-state index contributed by atoms with van der Waals surface area (Å²) in [5.41, 5.74) is 1.03. The third kappa shape index (κ3) is 4.15. The minimum atomic E-state index is -0.319. The van der Waals surface area contributed by atoms with Gasteiger partial charge in [-0.15, -0.1) is 0 Å². The number of aromatic nitrogens is 3. The van der Waals surface area contributed by atoms with Crippen LogP contribution in [0.25, 0.3) is 0 Å². The molecule has 0 aromatic carbocycles. The summed E-state index contributed by atoms with van der Waals surface area (Å²) < 4.78 is 10.6. The molecule has 0 spiro atoms. The van der Waals surface area contributed by atoms with E-state index in [1.807, 2.05) is 19.9 Å². The van der Waals surface area contributed by atoms with E-state index >= 15 is 0 Å². The molecule has 1 amide bonds. The predicted molar refractivity (Wildman–Crippen MR) is 79.8 cm³/mol. The number of amides is 1. The lowest BCUT2D eigenvalue weighted by molar-refractivity contribution is 0.0944. The van der Waals surface area contributed by atoms with E-state index in [4.69, 9.17) is 9.47 Å². The van der Waals surface area contributed by atoms with Crippen LogP contribution in [0.2, 0.25) is 0 Å². The van der Waals surface area contributed by atoms with Crippen LogP contribution in [0.15, 0.2) is 30.7 Å². The molecule has 2 aromatic heterocycles. The largest absolute Gasteiger partial charge is 0.481 e. The molecule has 0 aliphatic rings. The first-order valence-corrected chi connectivity index (χ1v) is 6.85. The molecule has 2 heterocycles. The molecule has 116 valence electrons. The van der Waals surface area contributed by atoms with E-state index in [1.165, 1.54) is 19.5 Å². The quantitative estimate of drug-likeness (QED) is 0.872. The van der Waals surface area contributed by atoms with Gasteiger partial charge in [0.1, 0.15) is 12.0 Å². The molecule has 1 N–H and O–H groups in total. The Bertz CT molecular complexity index is 646. The van der Waals surface area contributed by atoms with Crippen molar-refractivity contribution in [2.75, 3.05) is 7.11 Å². The zero-order valence-corrected chi connectivity index (χ0v) is 12.7. The van der Waals surface area contributed by atoms with E-state index in [0.717, 1.165) is 5.56 Å². The molecule has 2 aromatic rings. The number of carbonyl (C=O) groups excluding carboxylic acids is 1. The predicted octanol–water partition coefficient (Wildman–Crippen LogP) is 1.60. The molecule has 0 atom stereocenters. The zero-order valence-electron chi connectivity index (χ0n) is 12.7. The normalized spacial score (nSPS) is 10.4. The number of rotatable bonds is 6. The number of nitrogens with one attached hydrogen (secondary N) is 1. The van der Waals surface area contributed by atoms with Crippen LogP contribution in [0.1, 0.15) is 29.9 Å². The molecule has 0 aliphatic heterocycles. The first-order valence-electron chi connectivity index (χ1n) is 6.85. The van der Waals surface area contributed by atoms with Gasteiger partial charge >= 0.3 is 0 Å². The number of methoxy groups -OCH3 is 1. The Morgan fingerprint density at radius 2 is 2.14 bits per heavy atom. The number of hydrogen-bond acceptors (Lipinski definition) is 6. The highest BCUT2D eigenvalue weighted by Crippen LogP contribution is 2.15. The molecule has 22 heavy (non-hydrogen) atoms. The standard InChI is InChI=1S/C15H18N4O3/c1-10(2)22-15-11(5-4-6-16-15)8-17-14(20)12-7-13(21-3)19-9-18-12/h4-7,9-10H,8H2,1-3H3,(H,17,20). The van der Waals surface area contributed by atoms with Gasteiger partial charge in [0, 0.05) is 24.4 Å². The van der Waals surface area contributed by atoms with E-state index < -0.39 is 0 Å². The Labute approximate surface area is 128 Å². The van der Waals surface area contributed by atoms with Gasteiger partial charge in [-0.3, -0.25) is 4.79 Å². The second kappa shape index (κ2) is 7.35. The summed E-state index contributed by atoms with van der Waals surface area (Å²) in [6.07, 6.45) is 2.94. The average molecular weight is 302 g/mol. The maximum atomic E-state index is 12.1. The van der Waals surface area contributed by atoms with E-state index in [9.17, 15) is 4.79 Å². The molecule has 0 unspecified atom stereocenters. The van der Waals surface area contributed by atoms with Crippen LogP contribution in [0.3, 0.4) is 0 Å². The van der Waals surface area contributed by atoms with Crippen molar-refractivity contribution in [2.45, 2.75) is 26.5 Å². The lowest BCUT2D eigenvalue weighted by Crippen LogP contribution is -2.24. The number of hydrogen-bond donors (Lipinski definition) is 1. The molecule has 0 radical (unpaired) electrons. The molecule has 7 nitrogen and oxygen atoms in total. The topological polar surface area (TPSA) is 86.2 Å². The van der Waals surface area contributed by atoms with E-state index in [-0.39, 0.29) is 17.7 Å². The van der Waals surface area contributed by atoms with Crippen LogP contribution < -0.4 is 14.8 Å². The Hall–Kier alpha value is -2.70. The monoisotopic (exact) mass is 302 g/mol. The maximum Gasteiger partial charge on any atom is 0.270 e. The highest BCUT2D eigenvalue weighted by Gasteiger charge is 2.11. The van der Waals surface area contributed by atoms with Crippen molar-refractivity contribution < 1.29 is 14.3 Å². The summed E-state index contributed by atoms with van der Waals surface area (Å²) in [5.74, 6) is 0.531. The van der Waals surface area contributed by atoms with Gasteiger partial charge < -0.3 is 14.8 Å². The summed E-state index contributed by atoms with van der Waals surface area (Å²) in [6.45, 7) is 4.13. The summed E-state index contributed by atoms with van der Waals surface area (Å²) in [5, 5.41) is 2.78. The summed E-state index contributed by atoms with van der Waals surface area (Å²) in [7, 11) is 1.48. The van der Waals surface area contributed by atoms with Crippen LogP contribution in [0, 0.1) is 0 Å². The van der Waals surface area contributed by atoms with Gasteiger partial charge in [0.15, 0.2) is 0 Å². The van der Waals surface area contributed by atoms with E-state index in [1.54, 1.807) is 12.3 Å². The van der Waals surface area contributed by atoms with Gasteiger partial charge in [-0.25, -0.2) is 15.0 Å². The van der Waals surface area contributed by atoms with Crippen molar-refractivity contribution >= 4 is 5.91 Å². The fourth-order valence-electron chi connectivity index (χ4n) is 1.73. The Morgan fingerprint density at radius 1 is 1.32 bits per heavy atom. The molecule has 7 heteroatoms. The van der Waals surface area contributed by atoms with Crippen molar-refractivity contribution in [1.82, 2.24) is 20.3 Å². The third-order valence-corrected chi connectivity index (χ3v) is 2.72. The number of pyridine rings is 1. The Kier molecular flexibility index (Phi) is 5.24. The van der Waals surface area contributed by atoms with Crippen molar-refractivity contribution in [1.29, 1.82) is 0 Å². The van der Waals surface area contributed by atoms with Gasteiger partial charge in [0.05, 0.1) is 13.2 Å². The van der Waals surface area contributed by atoms with Crippen molar-refractivity contribution in [3.05, 3.63) is 42.0 Å². The molecule has 2 rings (SSSR count). The van der Waals surface area contributed by atoms with Gasteiger partial charge in [-0.05, 0) is 19.9 Å². The molecule has 0 saturated heterocycles. The number of nitrogens with zero attached hydrogens (tertiary/aromatic N) is 3. The Balaban J connectivity index is 2.05. The van der Waals surface area contributed by atoms with Gasteiger partial charge in [0.2, 0.25) is 11.8 Å². The zero-order chi connectivity index (χ0) is 15.9. The summed E-state index contributed by atoms with van der Waals surface area (Å²) in [4.78, 5) is 24.1. The third-order valence-electron chi connectivity index (χ3n) is 2.72. The van der Waals surface area contributed by atoms with Crippen LogP contribution in [0.4, 0.5) is 0 Å². The van der Waals surface area contributed by atoms with Crippen LogP contribution in [-0.4, -0.2) is 34.1 Å². The smallest absolute Gasteiger partial charge is 0.270 e. The number of carbonyl (C=O) groups is 1. The first-order chi connectivity index (χ1) is 10.6. The fourth-order valence-corrected chi connectivity index (χ4v) is 1.73. The first kappa shape index (κ1) is 15.7. The van der Waals surface area contributed by atoms with Crippen molar-refractivity contribution in [3.8, 4) is 11.8 Å². The van der Waals surface area contributed by atoms with Crippen LogP contribution in [0.5, 0.6) is 11.8 Å². The van der Waals surface area contributed by atoms with Crippen LogP contribution >= 0.6 is 0 Å². The lowest BCUT2D eigenvalue weighted by atomic mass is 10.2. The molecule has 0 saturated carbocycles. The SMILES string of the molecule is COc1cc(C(=O)NCc2cccnc2OC(C)C)ncn1. The molecular weight excluding hydrogens is 284 g/mol. The number of ether oxygens (including phenoxy) is 2. The minimum Gasteiger partial charge on any atom is -0.481 e. The molecule has 0 fully saturated rings. The highest BCUT2D eigenvalue weighted by molar-refractivity contribution is 5.92. The van der Waals surface area contributed by atoms with Gasteiger partial charge in [-0.2, -0.15) is 0 Å². The maximum absolute atomic E-state index is 12.1.